The molecule has 8 nitrogen and oxygen atoms in total. The van der Waals surface area contributed by atoms with E-state index in [9.17, 15) is 18.0 Å². The van der Waals surface area contributed by atoms with E-state index in [-0.39, 0.29) is 23.3 Å². The lowest BCUT2D eigenvalue weighted by Gasteiger charge is -2.34. The number of hydrogen-bond donors (Lipinski definition) is 1. The molecule has 2 heterocycles. The van der Waals surface area contributed by atoms with E-state index in [1.165, 1.54) is 9.21 Å². The minimum Gasteiger partial charge on any atom is -0.323 e. The first-order valence-corrected chi connectivity index (χ1v) is 12.2. The second kappa shape index (κ2) is 9.01. The summed E-state index contributed by atoms with van der Waals surface area (Å²) >= 11 is 0. The molecular weight excluding hydrogens is 428 g/mol. The molecule has 0 saturated carbocycles. The molecule has 4 rings (SSSR count). The van der Waals surface area contributed by atoms with Crippen LogP contribution in [0.25, 0.3) is 0 Å². The van der Waals surface area contributed by atoms with Gasteiger partial charge in [0.05, 0.1) is 22.3 Å². The van der Waals surface area contributed by atoms with E-state index in [1.54, 1.807) is 30.3 Å². The Morgan fingerprint density at radius 3 is 2.47 bits per heavy atom. The van der Waals surface area contributed by atoms with Gasteiger partial charge in [-0.3, -0.25) is 19.4 Å². The second-order valence-corrected chi connectivity index (χ2v) is 10.2. The summed E-state index contributed by atoms with van der Waals surface area (Å²) in [5.74, 6) is -0.391. The molecule has 2 aromatic carbocycles. The molecule has 0 bridgehead atoms. The van der Waals surface area contributed by atoms with Gasteiger partial charge in [-0.2, -0.15) is 4.31 Å². The van der Waals surface area contributed by atoms with E-state index in [2.05, 4.69) is 5.32 Å². The molecule has 32 heavy (non-hydrogen) atoms. The first kappa shape index (κ1) is 22.4. The number of anilines is 2. The zero-order valence-corrected chi connectivity index (χ0v) is 19.1. The molecule has 9 heteroatoms. The van der Waals surface area contributed by atoms with Gasteiger partial charge in [0.2, 0.25) is 21.8 Å². The van der Waals surface area contributed by atoms with Gasteiger partial charge in [-0.1, -0.05) is 29.8 Å². The summed E-state index contributed by atoms with van der Waals surface area (Å²) < 4.78 is 27.6. The van der Waals surface area contributed by atoms with E-state index >= 15 is 0 Å². The molecule has 1 atom stereocenters. The quantitative estimate of drug-likeness (QED) is 0.761. The van der Waals surface area contributed by atoms with Crippen molar-refractivity contribution in [3.8, 4) is 0 Å². The fraction of sp³-hybridized carbons (Fsp3) is 0.391. The fourth-order valence-corrected chi connectivity index (χ4v) is 5.68. The Labute approximate surface area is 188 Å². The highest BCUT2D eigenvalue weighted by Gasteiger charge is 2.34. The van der Waals surface area contributed by atoms with Crippen LogP contribution in [0.2, 0.25) is 0 Å². The lowest BCUT2D eigenvalue weighted by molar-refractivity contribution is -0.125. The molecule has 170 valence electrons. The minimum atomic E-state index is -3.58. The van der Waals surface area contributed by atoms with Gasteiger partial charge in [-0.05, 0) is 44.5 Å². The van der Waals surface area contributed by atoms with Crippen molar-refractivity contribution in [2.45, 2.75) is 31.2 Å². The van der Waals surface area contributed by atoms with Crippen molar-refractivity contribution in [1.29, 1.82) is 0 Å². The Morgan fingerprint density at radius 2 is 1.72 bits per heavy atom. The topological polar surface area (TPSA) is 90.0 Å². The third kappa shape index (κ3) is 4.41. The Kier molecular flexibility index (Phi) is 6.32. The molecule has 2 amide bonds. The summed E-state index contributed by atoms with van der Waals surface area (Å²) in [5, 5.41) is 2.79. The number of aryl methyl sites for hydroxylation is 1. The van der Waals surface area contributed by atoms with Crippen molar-refractivity contribution < 1.29 is 18.0 Å². The highest BCUT2D eigenvalue weighted by atomic mass is 32.2. The van der Waals surface area contributed by atoms with Crippen LogP contribution in [-0.2, 0) is 19.6 Å². The molecule has 0 aromatic heterocycles. The van der Waals surface area contributed by atoms with E-state index in [0.29, 0.717) is 44.0 Å². The van der Waals surface area contributed by atoms with Crippen molar-refractivity contribution in [2.24, 2.45) is 0 Å². The van der Waals surface area contributed by atoms with Crippen LogP contribution in [-0.4, -0.2) is 68.2 Å². The van der Waals surface area contributed by atoms with Crippen LogP contribution in [0.5, 0.6) is 0 Å². The van der Waals surface area contributed by atoms with Crippen molar-refractivity contribution in [1.82, 2.24) is 9.21 Å². The van der Waals surface area contributed by atoms with Crippen molar-refractivity contribution in [3.63, 3.8) is 0 Å². The number of hydrogen-bond acceptors (Lipinski definition) is 5. The molecule has 1 fully saturated rings. The van der Waals surface area contributed by atoms with Gasteiger partial charge >= 0.3 is 0 Å². The van der Waals surface area contributed by atoms with Gasteiger partial charge < -0.3 is 5.32 Å². The summed E-state index contributed by atoms with van der Waals surface area (Å²) in [5.41, 5.74) is 2.31. The summed E-state index contributed by atoms with van der Waals surface area (Å²) in [7, 11) is -3.58. The number of amides is 2. The van der Waals surface area contributed by atoms with Crippen LogP contribution in [0.3, 0.4) is 0 Å². The zero-order chi connectivity index (χ0) is 22.9. The summed E-state index contributed by atoms with van der Waals surface area (Å²) in [6.07, 6.45) is 0.625. The number of nitrogens with one attached hydrogen (secondary N) is 1. The number of carbonyl (C=O) groups excluding carboxylic acids is 2. The summed E-state index contributed by atoms with van der Waals surface area (Å²) in [4.78, 5) is 29.2. The molecule has 0 unspecified atom stereocenters. The summed E-state index contributed by atoms with van der Waals surface area (Å²) in [6.45, 7) is 5.48. The van der Waals surface area contributed by atoms with E-state index < -0.39 is 16.1 Å². The number of fused-ring (bicyclic) bond motifs is 1. The average Bonchev–Trinajstić information content (AvgIpc) is 3.05. The Morgan fingerprint density at radius 1 is 1.00 bits per heavy atom. The SMILES string of the molecule is Cc1ccc(S(=O)(=O)N2CCCN([C@H](C)C(=O)N3CC(=O)Nc4ccccc43)CC2)cc1. The monoisotopic (exact) mass is 456 g/mol. The Balaban J connectivity index is 1.47. The van der Waals surface area contributed by atoms with E-state index in [4.69, 9.17) is 0 Å². The number of para-hydroxylation sites is 2. The molecule has 2 aliphatic heterocycles. The van der Waals surface area contributed by atoms with Crippen LogP contribution in [0.15, 0.2) is 53.4 Å². The van der Waals surface area contributed by atoms with Crippen LogP contribution in [0.4, 0.5) is 11.4 Å². The summed E-state index contributed by atoms with van der Waals surface area (Å²) in [6, 6.07) is 13.6. The molecular formula is C23H28N4O4S. The van der Waals surface area contributed by atoms with Crippen LogP contribution >= 0.6 is 0 Å². The van der Waals surface area contributed by atoms with Crippen LogP contribution < -0.4 is 10.2 Å². The van der Waals surface area contributed by atoms with Crippen molar-refractivity contribution in [2.75, 3.05) is 42.9 Å². The smallest absolute Gasteiger partial charge is 0.244 e. The molecule has 1 N–H and O–H groups in total. The first-order valence-electron chi connectivity index (χ1n) is 10.8. The van der Waals surface area contributed by atoms with E-state index in [1.807, 2.05) is 36.9 Å². The van der Waals surface area contributed by atoms with Gasteiger partial charge in [-0.15, -0.1) is 0 Å². The molecule has 2 aliphatic rings. The molecule has 0 spiro atoms. The minimum absolute atomic E-state index is 0.0258. The number of sulfonamides is 1. The maximum atomic E-state index is 13.3. The zero-order valence-electron chi connectivity index (χ0n) is 18.3. The van der Waals surface area contributed by atoms with Crippen molar-refractivity contribution >= 4 is 33.2 Å². The first-order chi connectivity index (χ1) is 15.3. The molecule has 0 radical (unpaired) electrons. The maximum absolute atomic E-state index is 13.3. The standard InChI is InChI=1S/C23H28N4O4S/c1-17-8-10-19(11-9-17)32(30,31)26-13-5-12-25(14-15-26)18(2)23(29)27-16-22(28)24-20-6-3-4-7-21(20)27/h3-4,6-11,18H,5,12-16H2,1-2H3,(H,24,28)/t18-/m1/s1. The number of benzene rings is 2. The van der Waals surface area contributed by atoms with Gasteiger partial charge in [0.25, 0.3) is 0 Å². The maximum Gasteiger partial charge on any atom is 0.244 e. The van der Waals surface area contributed by atoms with Gasteiger partial charge in [0.1, 0.15) is 6.54 Å². The highest BCUT2D eigenvalue weighted by molar-refractivity contribution is 7.89. The van der Waals surface area contributed by atoms with Crippen LogP contribution in [0, 0.1) is 6.92 Å². The molecule has 0 aliphatic carbocycles. The van der Waals surface area contributed by atoms with E-state index in [0.717, 1.165) is 5.56 Å². The van der Waals surface area contributed by atoms with Gasteiger partial charge in [0, 0.05) is 26.2 Å². The Hall–Kier alpha value is -2.75. The normalized spacial score (nSPS) is 19.1. The molecule has 1 saturated heterocycles. The van der Waals surface area contributed by atoms with Crippen molar-refractivity contribution in [3.05, 3.63) is 54.1 Å². The lowest BCUT2D eigenvalue weighted by atomic mass is 10.1. The third-order valence-corrected chi connectivity index (χ3v) is 8.00. The predicted octanol–water partition coefficient (Wildman–Crippen LogP) is 2.07. The number of nitrogens with zero attached hydrogens (tertiary/aromatic N) is 3. The number of rotatable bonds is 4. The lowest BCUT2D eigenvalue weighted by Crippen LogP contribution is -2.52. The van der Waals surface area contributed by atoms with Gasteiger partial charge in [-0.25, -0.2) is 8.42 Å². The van der Waals surface area contributed by atoms with Gasteiger partial charge in [0.15, 0.2) is 0 Å². The fourth-order valence-electron chi connectivity index (χ4n) is 4.21. The Bertz CT molecular complexity index is 1120. The third-order valence-electron chi connectivity index (χ3n) is 6.09. The average molecular weight is 457 g/mol. The molecule has 2 aromatic rings. The number of carbonyl (C=O) groups is 2. The van der Waals surface area contributed by atoms with Crippen LogP contribution in [0.1, 0.15) is 18.9 Å². The highest BCUT2D eigenvalue weighted by Crippen LogP contribution is 2.30. The second-order valence-electron chi connectivity index (χ2n) is 8.27. The predicted molar refractivity (Wildman–Crippen MR) is 123 cm³/mol. The largest absolute Gasteiger partial charge is 0.323 e.